The van der Waals surface area contributed by atoms with E-state index in [4.69, 9.17) is 14.2 Å². The van der Waals surface area contributed by atoms with Crippen LogP contribution in [0.15, 0.2) is 24.3 Å². The molecule has 2 rings (SSSR count). The molecule has 0 amide bonds. The minimum absolute atomic E-state index is 0.0636. The van der Waals surface area contributed by atoms with Crippen molar-refractivity contribution in [1.82, 2.24) is 0 Å². The highest BCUT2D eigenvalue weighted by molar-refractivity contribution is 5.28. The molecule has 0 N–H and O–H groups in total. The molecule has 3 heteroatoms. The van der Waals surface area contributed by atoms with Crippen LogP contribution in [-0.4, -0.2) is 26.4 Å². The van der Waals surface area contributed by atoms with Crippen molar-refractivity contribution >= 4 is 0 Å². The van der Waals surface area contributed by atoms with Crippen molar-refractivity contribution in [1.29, 1.82) is 0 Å². The Bertz CT molecular complexity index is 312. The molecule has 1 aliphatic rings. The fraction of sp³-hybridized carbons (Fsp3) is 0.538. The number of benzene rings is 1. The van der Waals surface area contributed by atoms with Crippen LogP contribution in [-0.2, 0) is 9.47 Å². The fourth-order valence-corrected chi connectivity index (χ4v) is 1.79. The first kappa shape index (κ1) is 11.4. The molecule has 1 aromatic rings. The van der Waals surface area contributed by atoms with Gasteiger partial charge < -0.3 is 14.2 Å². The summed E-state index contributed by atoms with van der Waals surface area (Å²) in [6.07, 6.45) is 1.33. The average molecular weight is 222 g/mol. The first-order chi connectivity index (χ1) is 7.83. The zero-order valence-corrected chi connectivity index (χ0v) is 9.81. The van der Waals surface area contributed by atoms with E-state index < -0.39 is 0 Å². The Balaban J connectivity index is 1.97. The van der Waals surface area contributed by atoms with E-state index in [1.165, 1.54) is 0 Å². The smallest absolute Gasteiger partial charge is 0.118 e. The molecule has 16 heavy (non-hydrogen) atoms. The fourth-order valence-electron chi connectivity index (χ4n) is 1.79. The van der Waals surface area contributed by atoms with Crippen molar-refractivity contribution in [3.63, 3.8) is 0 Å². The molecule has 2 atom stereocenters. The van der Waals surface area contributed by atoms with Crippen molar-refractivity contribution in [2.75, 3.05) is 20.3 Å². The van der Waals surface area contributed by atoms with Gasteiger partial charge in [0.2, 0.25) is 0 Å². The minimum Gasteiger partial charge on any atom is -0.497 e. The van der Waals surface area contributed by atoms with Crippen LogP contribution in [0, 0.1) is 0 Å². The van der Waals surface area contributed by atoms with Crippen molar-refractivity contribution in [3.05, 3.63) is 29.8 Å². The molecule has 0 aromatic heterocycles. The van der Waals surface area contributed by atoms with Crippen molar-refractivity contribution in [3.8, 4) is 5.75 Å². The maximum absolute atomic E-state index is 5.78. The maximum atomic E-state index is 5.78. The second kappa shape index (κ2) is 5.32. The van der Waals surface area contributed by atoms with Gasteiger partial charge in [-0.25, -0.2) is 0 Å². The van der Waals surface area contributed by atoms with Crippen LogP contribution >= 0.6 is 0 Å². The second-order valence-corrected chi connectivity index (χ2v) is 3.96. The Labute approximate surface area is 96.3 Å². The van der Waals surface area contributed by atoms with Gasteiger partial charge in [-0.1, -0.05) is 19.1 Å². The molecule has 1 fully saturated rings. The summed E-state index contributed by atoms with van der Waals surface area (Å²) in [5, 5.41) is 0. The summed E-state index contributed by atoms with van der Waals surface area (Å²) < 4.78 is 16.6. The van der Waals surface area contributed by atoms with Crippen molar-refractivity contribution < 1.29 is 14.2 Å². The van der Waals surface area contributed by atoms with Crippen LogP contribution in [0.2, 0.25) is 0 Å². The summed E-state index contributed by atoms with van der Waals surface area (Å²) in [5.41, 5.74) is 1.15. The van der Waals surface area contributed by atoms with Gasteiger partial charge in [0, 0.05) is 0 Å². The van der Waals surface area contributed by atoms with E-state index >= 15 is 0 Å². The maximum Gasteiger partial charge on any atom is 0.118 e. The zero-order valence-electron chi connectivity index (χ0n) is 9.81. The Morgan fingerprint density at radius 3 is 2.44 bits per heavy atom. The molecule has 0 saturated carbocycles. The average Bonchev–Trinajstić information content (AvgIpc) is 2.39. The van der Waals surface area contributed by atoms with E-state index in [9.17, 15) is 0 Å². The molecule has 0 aliphatic carbocycles. The lowest BCUT2D eigenvalue weighted by atomic mass is 10.1. The molecule has 2 unspecified atom stereocenters. The van der Waals surface area contributed by atoms with E-state index in [0.29, 0.717) is 13.2 Å². The summed E-state index contributed by atoms with van der Waals surface area (Å²) in [6, 6.07) is 7.95. The van der Waals surface area contributed by atoms with Gasteiger partial charge >= 0.3 is 0 Å². The third-order valence-corrected chi connectivity index (χ3v) is 2.91. The van der Waals surface area contributed by atoms with Crippen LogP contribution in [0.1, 0.15) is 25.0 Å². The molecule has 1 aromatic carbocycles. The summed E-state index contributed by atoms with van der Waals surface area (Å²) >= 11 is 0. The molecule has 1 aliphatic heterocycles. The zero-order chi connectivity index (χ0) is 11.4. The molecule has 1 saturated heterocycles. The van der Waals surface area contributed by atoms with Crippen LogP contribution in [0.3, 0.4) is 0 Å². The van der Waals surface area contributed by atoms with Gasteiger partial charge in [0.05, 0.1) is 26.4 Å². The van der Waals surface area contributed by atoms with E-state index in [-0.39, 0.29) is 12.2 Å². The first-order valence-electron chi connectivity index (χ1n) is 5.70. The van der Waals surface area contributed by atoms with E-state index in [1.54, 1.807) is 7.11 Å². The van der Waals surface area contributed by atoms with Gasteiger partial charge in [0.25, 0.3) is 0 Å². The lowest BCUT2D eigenvalue weighted by Crippen LogP contribution is -2.30. The Morgan fingerprint density at radius 1 is 1.19 bits per heavy atom. The molecule has 0 spiro atoms. The quantitative estimate of drug-likeness (QED) is 0.786. The highest BCUT2D eigenvalue weighted by Crippen LogP contribution is 2.25. The minimum atomic E-state index is 0.0636. The van der Waals surface area contributed by atoms with Crippen LogP contribution < -0.4 is 4.74 Å². The Kier molecular flexibility index (Phi) is 3.80. The number of ether oxygens (including phenoxy) is 3. The van der Waals surface area contributed by atoms with Gasteiger partial charge in [-0.15, -0.1) is 0 Å². The summed E-state index contributed by atoms with van der Waals surface area (Å²) in [7, 11) is 1.67. The second-order valence-electron chi connectivity index (χ2n) is 3.96. The van der Waals surface area contributed by atoms with Crippen molar-refractivity contribution in [2.45, 2.75) is 25.6 Å². The first-order valence-corrected chi connectivity index (χ1v) is 5.70. The third kappa shape index (κ3) is 2.54. The number of hydrogen-bond donors (Lipinski definition) is 0. The lowest BCUT2D eigenvalue weighted by molar-refractivity contribution is -0.135. The number of methoxy groups -OCH3 is 1. The topological polar surface area (TPSA) is 27.7 Å². The van der Waals surface area contributed by atoms with E-state index in [0.717, 1.165) is 17.7 Å². The molecule has 0 radical (unpaired) electrons. The van der Waals surface area contributed by atoms with Gasteiger partial charge in [-0.05, 0) is 24.1 Å². The van der Waals surface area contributed by atoms with Crippen LogP contribution in [0.25, 0.3) is 0 Å². The Morgan fingerprint density at radius 2 is 1.94 bits per heavy atom. The molecule has 1 heterocycles. The summed E-state index contributed by atoms with van der Waals surface area (Å²) in [6.45, 7) is 3.44. The van der Waals surface area contributed by atoms with E-state index in [1.807, 2.05) is 24.3 Å². The van der Waals surface area contributed by atoms with Gasteiger partial charge in [-0.3, -0.25) is 0 Å². The molecule has 0 bridgehead atoms. The lowest BCUT2D eigenvalue weighted by Gasteiger charge is -2.29. The molecular weight excluding hydrogens is 204 g/mol. The number of rotatable bonds is 3. The van der Waals surface area contributed by atoms with E-state index in [2.05, 4.69) is 6.92 Å². The van der Waals surface area contributed by atoms with Gasteiger partial charge in [0.15, 0.2) is 0 Å². The normalized spacial score (nSPS) is 25.4. The highest BCUT2D eigenvalue weighted by atomic mass is 16.6. The SMILES string of the molecule is CCC1COC(c2ccc(OC)cc2)CO1. The third-order valence-electron chi connectivity index (χ3n) is 2.91. The molecule has 3 nitrogen and oxygen atoms in total. The van der Waals surface area contributed by atoms with Crippen LogP contribution in [0.5, 0.6) is 5.75 Å². The largest absolute Gasteiger partial charge is 0.497 e. The number of hydrogen-bond acceptors (Lipinski definition) is 3. The molecule has 88 valence electrons. The summed E-state index contributed by atoms with van der Waals surface area (Å²) in [5.74, 6) is 0.868. The predicted molar refractivity (Wildman–Crippen MR) is 61.7 cm³/mol. The molecular formula is C13H18O3. The van der Waals surface area contributed by atoms with Crippen molar-refractivity contribution in [2.24, 2.45) is 0 Å². The van der Waals surface area contributed by atoms with Gasteiger partial charge in [0.1, 0.15) is 11.9 Å². The summed E-state index contributed by atoms with van der Waals surface area (Å²) in [4.78, 5) is 0. The standard InChI is InChI=1S/C13H18O3/c1-3-11-8-16-13(9-15-11)10-4-6-12(14-2)7-5-10/h4-7,11,13H,3,8-9H2,1-2H3. The predicted octanol–water partition coefficient (Wildman–Crippen LogP) is 2.56. The highest BCUT2D eigenvalue weighted by Gasteiger charge is 2.22. The monoisotopic (exact) mass is 222 g/mol. The Hall–Kier alpha value is -1.06. The van der Waals surface area contributed by atoms with Gasteiger partial charge in [-0.2, -0.15) is 0 Å². The van der Waals surface area contributed by atoms with Crippen LogP contribution in [0.4, 0.5) is 0 Å².